The zero-order valence-corrected chi connectivity index (χ0v) is 11.7. The first-order valence-corrected chi connectivity index (χ1v) is 6.55. The zero-order chi connectivity index (χ0) is 12.8. The van der Waals surface area contributed by atoms with Crippen molar-refractivity contribution in [2.45, 2.75) is 18.6 Å². The molecule has 2 rings (SSSR count). The molecule has 0 spiro atoms. The van der Waals surface area contributed by atoms with Gasteiger partial charge in [-0.2, -0.15) is 0 Å². The van der Waals surface area contributed by atoms with Gasteiger partial charge in [0.2, 0.25) is 6.17 Å². The maximum Gasteiger partial charge on any atom is 0.266 e. The molecule has 1 amide bonds. The number of carbonyl (C=O) groups excluding carboxylic acids is 1. The summed E-state index contributed by atoms with van der Waals surface area (Å²) in [7, 11) is 1.41. The number of aliphatic imine (C=N–C) groups is 1. The van der Waals surface area contributed by atoms with E-state index in [4.69, 9.17) is 5.73 Å². The van der Waals surface area contributed by atoms with Gasteiger partial charge in [0.05, 0.1) is 0 Å². The number of carbonyl (C=O) groups is 1. The van der Waals surface area contributed by atoms with Crippen LogP contribution in [-0.4, -0.2) is 30.0 Å². The van der Waals surface area contributed by atoms with E-state index in [0.717, 1.165) is 9.37 Å². The van der Waals surface area contributed by atoms with Crippen LogP contribution >= 0.6 is 27.3 Å². The minimum Gasteiger partial charge on any atom is -0.369 e. The van der Waals surface area contributed by atoms with E-state index in [-0.39, 0.29) is 5.96 Å². The maximum atomic E-state index is 14.2. The third kappa shape index (κ3) is 1.87. The van der Waals surface area contributed by atoms with Crippen LogP contribution in [0.1, 0.15) is 11.8 Å². The lowest BCUT2D eigenvalue weighted by molar-refractivity contribution is -0.135. The minimum atomic E-state index is -1.72. The molecule has 1 aliphatic rings. The number of hydrogen-bond donors (Lipinski definition) is 1. The molecule has 0 bridgehead atoms. The van der Waals surface area contributed by atoms with Gasteiger partial charge in [0.1, 0.15) is 5.54 Å². The highest BCUT2D eigenvalue weighted by atomic mass is 79.9. The maximum absolute atomic E-state index is 14.2. The predicted octanol–water partition coefficient (Wildman–Crippen LogP) is 1.85. The molecular weight excluding hydrogens is 309 g/mol. The molecule has 0 saturated carbocycles. The van der Waals surface area contributed by atoms with Crippen molar-refractivity contribution in [3.8, 4) is 0 Å². The van der Waals surface area contributed by atoms with Crippen LogP contribution < -0.4 is 5.73 Å². The number of rotatable bonds is 1. The van der Waals surface area contributed by atoms with Crippen LogP contribution in [0.15, 0.2) is 20.9 Å². The molecule has 0 unspecified atom stereocenters. The van der Waals surface area contributed by atoms with E-state index < -0.39 is 17.6 Å². The van der Waals surface area contributed by atoms with Gasteiger partial charge in [0.25, 0.3) is 5.91 Å². The normalized spacial score (nSPS) is 29.4. The molecule has 0 aromatic carbocycles. The second-order valence-electron chi connectivity index (χ2n) is 4.01. The molecule has 2 heterocycles. The van der Waals surface area contributed by atoms with Crippen molar-refractivity contribution >= 4 is 39.1 Å². The number of nitrogens with two attached hydrogens (primary N) is 1. The fourth-order valence-corrected chi connectivity index (χ4v) is 3.20. The Hall–Kier alpha value is -0.950. The number of halogens is 2. The van der Waals surface area contributed by atoms with E-state index in [9.17, 15) is 9.18 Å². The minimum absolute atomic E-state index is 0.0379. The van der Waals surface area contributed by atoms with Gasteiger partial charge in [-0.25, -0.2) is 9.38 Å². The SMILES string of the molecule is CN1C(=O)[C@@H](F)[C@@](C)(c2cc(Br)cs2)N=C1N. The lowest BCUT2D eigenvalue weighted by Gasteiger charge is -2.35. The molecule has 7 heteroatoms. The monoisotopic (exact) mass is 319 g/mol. The number of hydrogen-bond acceptors (Lipinski definition) is 4. The summed E-state index contributed by atoms with van der Waals surface area (Å²) in [5.74, 6) is -0.625. The summed E-state index contributed by atoms with van der Waals surface area (Å²) < 4.78 is 15.0. The van der Waals surface area contributed by atoms with Gasteiger partial charge in [-0.05, 0) is 28.9 Å². The van der Waals surface area contributed by atoms with Gasteiger partial charge in [0.15, 0.2) is 5.96 Å². The Morgan fingerprint density at radius 3 is 2.88 bits per heavy atom. The molecule has 2 N–H and O–H groups in total. The van der Waals surface area contributed by atoms with Crippen LogP contribution in [0.5, 0.6) is 0 Å². The second kappa shape index (κ2) is 4.06. The quantitative estimate of drug-likeness (QED) is 0.858. The Bertz CT molecular complexity index is 503. The lowest BCUT2D eigenvalue weighted by Crippen LogP contribution is -2.54. The lowest BCUT2D eigenvalue weighted by atomic mass is 9.92. The molecule has 92 valence electrons. The van der Waals surface area contributed by atoms with Crippen molar-refractivity contribution in [1.82, 2.24) is 4.90 Å². The van der Waals surface area contributed by atoms with Gasteiger partial charge in [0, 0.05) is 21.8 Å². The smallest absolute Gasteiger partial charge is 0.266 e. The van der Waals surface area contributed by atoms with Gasteiger partial charge in [-0.15, -0.1) is 11.3 Å². The van der Waals surface area contributed by atoms with Crippen molar-refractivity contribution in [2.75, 3.05) is 7.05 Å². The van der Waals surface area contributed by atoms with E-state index in [1.54, 1.807) is 13.0 Å². The Morgan fingerprint density at radius 2 is 2.35 bits per heavy atom. The van der Waals surface area contributed by atoms with Crippen LogP contribution in [0.25, 0.3) is 0 Å². The van der Waals surface area contributed by atoms with Gasteiger partial charge in [-0.1, -0.05) is 0 Å². The molecule has 17 heavy (non-hydrogen) atoms. The van der Waals surface area contributed by atoms with E-state index in [1.807, 2.05) is 5.38 Å². The Kier molecular flexibility index (Phi) is 2.99. The highest BCUT2D eigenvalue weighted by Crippen LogP contribution is 2.39. The third-order valence-corrected chi connectivity index (χ3v) is 4.72. The number of amides is 1. The fourth-order valence-electron chi connectivity index (χ4n) is 1.65. The first kappa shape index (κ1) is 12.5. The summed E-state index contributed by atoms with van der Waals surface area (Å²) in [6, 6.07) is 1.76. The van der Waals surface area contributed by atoms with Crippen LogP contribution in [0.2, 0.25) is 0 Å². The van der Waals surface area contributed by atoms with Crippen LogP contribution in [0.3, 0.4) is 0 Å². The van der Waals surface area contributed by atoms with E-state index >= 15 is 0 Å². The van der Waals surface area contributed by atoms with Crippen LogP contribution in [0.4, 0.5) is 4.39 Å². The molecule has 1 aromatic rings. The Labute approximate surface area is 110 Å². The summed E-state index contributed by atoms with van der Waals surface area (Å²) in [6.07, 6.45) is -1.72. The summed E-state index contributed by atoms with van der Waals surface area (Å²) in [6.45, 7) is 1.58. The number of thiophene rings is 1. The largest absolute Gasteiger partial charge is 0.369 e. The standard InChI is InChI=1S/C10H11BrFN3OS/c1-10(6-3-5(11)4-17-6)7(12)8(16)15(2)9(13)14-10/h3-4,7H,1-2H3,(H2,13,14)/t7-,10-/m1/s1. The van der Waals surface area contributed by atoms with Gasteiger partial charge in [-0.3, -0.25) is 9.69 Å². The fraction of sp³-hybridized carbons (Fsp3) is 0.400. The van der Waals surface area contributed by atoms with E-state index in [1.165, 1.54) is 18.4 Å². The summed E-state index contributed by atoms with van der Waals surface area (Å²) >= 11 is 4.64. The molecular formula is C10H11BrFN3OS. The average Bonchev–Trinajstić information content (AvgIpc) is 2.71. The summed E-state index contributed by atoms with van der Waals surface area (Å²) in [5, 5.41) is 1.82. The molecule has 1 aromatic heterocycles. The predicted molar refractivity (Wildman–Crippen MR) is 68.7 cm³/mol. The average molecular weight is 320 g/mol. The number of nitrogens with zero attached hydrogens (tertiary/aromatic N) is 2. The Balaban J connectivity index is 2.53. The first-order chi connectivity index (χ1) is 7.86. The highest BCUT2D eigenvalue weighted by molar-refractivity contribution is 9.10. The molecule has 4 nitrogen and oxygen atoms in total. The first-order valence-electron chi connectivity index (χ1n) is 4.87. The zero-order valence-electron chi connectivity index (χ0n) is 9.28. The molecule has 0 saturated heterocycles. The summed E-state index contributed by atoms with van der Waals surface area (Å²) in [4.78, 5) is 17.5. The van der Waals surface area contributed by atoms with Gasteiger partial charge >= 0.3 is 0 Å². The van der Waals surface area contributed by atoms with Crippen molar-refractivity contribution in [3.63, 3.8) is 0 Å². The second-order valence-corrected chi connectivity index (χ2v) is 5.83. The molecule has 0 radical (unpaired) electrons. The van der Waals surface area contributed by atoms with Crippen LogP contribution in [0, 0.1) is 0 Å². The third-order valence-electron chi connectivity index (χ3n) is 2.80. The molecule has 0 fully saturated rings. The topological polar surface area (TPSA) is 58.7 Å². The molecule has 1 aliphatic heterocycles. The molecule has 2 atom stereocenters. The van der Waals surface area contributed by atoms with Gasteiger partial charge < -0.3 is 5.73 Å². The summed E-state index contributed by atoms with van der Waals surface area (Å²) in [5.41, 5.74) is 4.40. The van der Waals surface area contributed by atoms with E-state index in [2.05, 4.69) is 20.9 Å². The highest BCUT2D eigenvalue weighted by Gasteiger charge is 2.47. The molecule has 0 aliphatic carbocycles. The number of alkyl halides is 1. The Morgan fingerprint density at radius 1 is 1.71 bits per heavy atom. The number of guanidine groups is 1. The van der Waals surface area contributed by atoms with Crippen molar-refractivity contribution in [3.05, 3.63) is 20.8 Å². The van der Waals surface area contributed by atoms with Crippen molar-refractivity contribution in [2.24, 2.45) is 10.7 Å². The van der Waals surface area contributed by atoms with Crippen LogP contribution in [-0.2, 0) is 10.3 Å². The van der Waals surface area contributed by atoms with E-state index in [0.29, 0.717) is 4.88 Å². The van der Waals surface area contributed by atoms with Crippen molar-refractivity contribution < 1.29 is 9.18 Å². The van der Waals surface area contributed by atoms with Crippen molar-refractivity contribution in [1.29, 1.82) is 0 Å².